The molecule has 4 rings (SSSR count). The van der Waals surface area contributed by atoms with E-state index in [1.54, 1.807) is 4.90 Å². The zero-order chi connectivity index (χ0) is 29.2. The van der Waals surface area contributed by atoms with Gasteiger partial charge in [0, 0.05) is 38.1 Å². The number of benzene rings is 2. The van der Waals surface area contributed by atoms with Gasteiger partial charge in [0.2, 0.25) is 0 Å². The lowest BCUT2D eigenvalue weighted by Gasteiger charge is -2.36. The molecule has 1 N–H and O–H groups in total. The highest BCUT2D eigenvalue weighted by molar-refractivity contribution is 6.33. The molecule has 0 spiro atoms. The number of nitrogens with zero attached hydrogens (tertiary/aromatic N) is 3. The second-order valence-corrected chi connectivity index (χ2v) is 12.6. The van der Waals surface area contributed by atoms with Crippen LogP contribution < -0.4 is 10.2 Å². The fourth-order valence-electron chi connectivity index (χ4n) is 4.54. The Balaban J connectivity index is 1.49. The van der Waals surface area contributed by atoms with Crippen molar-refractivity contribution in [2.45, 2.75) is 66.2 Å². The minimum atomic E-state index is -0.544. The van der Waals surface area contributed by atoms with Crippen molar-refractivity contribution in [1.82, 2.24) is 15.2 Å². The zero-order valence-electron chi connectivity index (χ0n) is 24.4. The van der Waals surface area contributed by atoms with Crippen LogP contribution >= 0.6 is 11.6 Å². The number of aromatic nitrogens is 1. The lowest BCUT2D eigenvalue weighted by Crippen LogP contribution is -2.50. The van der Waals surface area contributed by atoms with Gasteiger partial charge in [0.1, 0.15) is 17.0 Å². The van der Waals surface area contributed by atoms with E-state index < -0.39 is 17.3 Å². The maximum atomic E-state index is 12.4. The third-order valence-electron chi connectivity index (χ3n) is 6.43. The Morgan fingerprint density at radius 3 is 2.25 bits per heavy atom. The van der Waals surface area contributed by atoms with E-state index in [4.69, 9.17) is 26.1 Å². The van der Waals surface area contributed by atoms with Crippen LogP contribution in [0.2, 0.25) is 5.02 Å². The molecule has 2 heterocycles. The van der Waals surface area contributed by atoms with Crippen LogP contribution in [-0.4, -0.2) is 59.5 Å². The number of pyridine rings is 1. The number of piperazine rings is 1. The van der Waals surface area contributed by atoms with E-state index in [1.807, 2.05) is 59.7 Å². The molecule has 0 radical (unpaired) electrons. The second kappa shape index (κ2) is 11.5. The first kappa shape index (κ1) is 29.5. The molecule has 40 heavy (non-hydrogen) atoms. The average Bonchev–Trinajstić information content (AvgIpc) is 2.85. The lowest BCUT2D eigenvalue weighted by molar-refractivity contribution is 0.0240. The Labute approximate surface area is 241 Å². The van der Waals surface area contributed by atoms with Gasteiger partial charge < -0.3 is 24.6 Å². The van der Waals surface area contributed by atoms with E-state index in [2.05, 4.69) is 41.4 Å². The van der Waals surface area contributed by atoms with Gasteiger partial charge >= 0.3 is 12.2 Å². The molecule has 1 fully saturated rings. The minimum absolute atomic E-state index is 0.294. The number of anilines is 1. The molecule has 1 aromatic heterocycles. The molecule has 0 atom stereocenters. The molecule has 1 aliphatic heterocycles. The van der Waals surface area contributed by atoms with Crippen LogP contribution in [0.1, 0.15) is 52.7 Å². The predicted octanol–water partition coefficient (Wildman–Crippen LogP) is 6.95. The summed E-state index contributed by atoms with van der Waals surface area (Å²) in [7, 11) is 0. The topological polar surface area (TPSA) is 84.0 Å². The quantitative estimate of drug-likeness (QED) is 0.368. The van der Waals surface area contributed by atoms with Crippen LogP contribution in [-0.2, 0) is 16.0 Å². The number of carbonyl (C=O) groups excluding carboxylic acids is 2. The summed E-state index contributed by atoms with van der Waals surface area (Å²) in [5.74, 6) is 0.720. The van der Waals surface area contributed by atoms with Gasteiger partial charge in [-0.15, -0.1) is 0 Å². The summed E-state index contributed by atoms with van der Waals surface area (Å²) in [6.45, 7) is 15.9. The smallest absolute Gasteiger partial charge is 0.410 e. The number of hydrogen-bond acceptors (Lipinski definition) is 6. The summed E-state index contributed by atoms with van der Waals surface area (Å²) in [6.07, 6.45) is -0.736. The van der Waals surface area contributed by atoms with E-state index >= 15 is 0 Å². The number of nitrogens with one attached hydrogen (secondary N) is 1. The Morgan fingerprint density at radius 2 is 1.60 bits per heavy atom. The van der Waals surface area contributed by atoms with Crippen LogP contribution in [0.15, 0.2) is 42.5 Å². The number of carbonyl (C=O) groups is 2. The fourth-order valence-corrected chi connectivity index (χ4v) is 4.81. The Hall–Kier alpha value is -3.52. The summed E-state index contributed by atoms with van der Waals surface area (Å²) < 4.78 is 10.9. The molecule has 0 aliphatic carbocycles. The molecule has 214 valence electrons. The van der Waals surface area contributed by atoms with E-state index in [0.29, 0.717) is 37.7 Å². The van der Waals surface area contributed by atoms with Gasteiger partial charge in [-0.05, 0) is 95.0 Å². The van der Waals surface area contributed by atoms with Crippen molar-refractivity contribution in [1.29, 1.82) is 0 Å². The molecular formula is C31H39ClN4O4. The van der Waals surface area contributed by atoms with Crippen molar-refractivity contribution < 1.29 is 19.1 Å². The molecule has 9 heteroatoms. The molecule has 1 saturated heterocycles. The summed E-state index contributed by atoms with van der Waals surface area (Å²) in [6, 6.07) is 14.2. The highest BCUT2D eigenvalue weighted by Gasteiger charge is 2.27. The van der Waals surface area contributed by atoms with Gasteiger partial charge in [-0.25, -0.2) is 14.6 Å². The van der Waals surface area contributed by atoms with Crippen molar-refractivity contribution >= 4 is 40.5 Å². The largest absolute Gasteiger partial charge is 0.444 e. The van der Waals surface area contributed by atoms with Gasteiger partial charge in [0.15, 0.2) is 0 Å². The third-order valence-corrected chi connectivity index (χ3v) is 6.71. The number of alkyl carbamates (subject to hydrolysis) is 1. The van der Waals surface area contributed by atoms with Gasteiger partial charge in [-0.3, -0.25) is 0 Å². The maximum Gasteiger partial charge on any atom is 0.410 e. The molecule has 2 amide bonds. The standard InChI is InChI=1S/C31H39ClN4O4/c1-20-8-9-21(19-33-28(37)39-30(2,3)4)16-24(20)22-10-11-26-23(17-22)18-25(32)27(34-26)35-12-14-36(15-13-35)29(38)40-31(5,6)7/h8-11,16-18H,12-15,19H2,1-7H3,(H,33,37). The van der Waals surface area contributed by atoms with Crippen LogP contribution in [0.3, 0.4) is 0 Å². The van der Waals surface area contributed by atoms with Gasteiger partial charge in [0.25, 0.3) is 0 Å². The number of ether oxygens (including phenoxy) is 2. The first-order chi connectivity index (χ1) is 18.7. The molecule has 2 aromatic carbocycles. The minimum Gasteiger partial charge on any atom is -0.444 e. The van der Waals surface area contributed by atoms with E-state index in [1.165, 1.54) is 0 Å². The van der Waals surface area contributed by atoms with Crippen molar-refractivity contribution in [3.63, 3.8) is 0 Å². The molecule has 8 nitrogen and oxygen atoms in total. The molecule has 0 unspecified atom stereocenters. The van der Waals surface area contributed by atoms with Gasteiger partial charge in [0.05, 0.1) is 10.5 Å². The monoisotopic (exact) mass is 566 g/mol. The van der Waals surface area contributed by atoms with Crippen LogP contribution in [0, 0.1) is 6.92 Å². The number of halogens is 1. The number of fused-ring (bicyclic) bond motifs is 1. The summed E-state index contributed by atoms with van der Waals surface area (Å²) in [5, 5.41) is 4.34. The number of amides is 2. The van der Waals surface area contributed by atoms with Gasteiger partial charge in [-0.2, -0.15) is 0 Å². The van der Waals surface area contributed by atoms with Crippen molar-refractivity contribution in [2.75, 3.05) is 31.1 Å². The molecule has 3 aromatic rings. The van der Waals surface area contributed by atoms with Gasteiger partial charge in [-0.1, -0.05) is 29.8 Å². The Kier molecular flexibility index (Phi) is 8.49. The van der Waals surface area contributed by atoms with E-state index in [9.17, 15) is 9.59 Å². The molecule has 0 bridgehead atoms. The Morgan fingerprint density at radius 1 is 0.925 bits per heavy atom. The highest BCUT2D eigenvalue weighted by atomic mass is 35.5. The normalized spacial score (nSPS) is 14.3. The first-order valence-electron chi connectivity index (χ1n) is 13.6. The third kappa shape index (κ3) is 7.56. The first-order valence-corrected chi connectivity index (χ1v) is 14.0. The molecule has 0 saturated carbocycles. The van der Waals surface area contributed by atoms with Crippen LogP contribution in [0.5, 0.6) is 0 Å². The van der Waals surface area contributed by atoms with Crippen molar-refractivity contribution in [3.8, 4) is 11.1 Å². The summed E-state index contributed by atoms with van der Waals surface area (Å²) in [5.41, 5.74) is 4.00. The summed E-state index contributed by atoms with van der Waals surface area (Å²) in [4.78, 5) is 33.2. The summed E-state index contributed by atoms with van der Waals surface area (Å²) >= 11 is 6.73. The average molecular weight is 567 g/mol. The maximum absolute atomic E-state index is 12.4. The lowest BCUT2D eigenvalue weighted by atomic mass is 9.97. The van der Waals surface area contributed by atoms with Crippen molar-refractivity contribution in [2.24, 2.45) is 0 Å². The SMILES string of the molecule is Cc1ccc(CNC(=O)OC(C)(C)C)cc1-c1ccc2nc(N3CCN(C(=O)OC(C)(C)C)CC3)c(Cl)cc2c1. The second-order valence-electron chi connectivity index (χ2n) is 12.2. The molecule has 1 aliphatic rings. The number of aryl methyl sites for hydroxylation is 1. The molecular weight excluding hydrogens is 528 g/mol. The fraction of sp³-hybridized carbons (Fsp3) is 0.452. The predicted molar refractivity (Wildman–Crippen MR) is 160 cm³/mol. The van der Waals surface area contributed by atoms with E-state index in [0.717, 1.165) is 39.0 Å². The Bertz CT molecular complexity index is 1400. The van der Waals surface area contributed by atoms with Crippen molar-refractivity contribution in [3.05, 3.63) is 58.6 Å². The highest BCUT2D eigenvalue weighted by Crippen LogP contribution is 2.32. The zero-order valence-corrected chi connectivity index (χ0v) is 25.2. The van der Waals surface area contributed by atoms with Crippen LogP contribution in [0.25, 0.3) is 22.0 Å². The number of hydrogen-bond donors (Lipinski definition) is 1. The van der Waals surface area contributed by atoms with Crippen LogP contribution in [0.4, 0.5) is 15.4 Å². The number of rotatable bonds is 4. The van der Waals surface area contributed by atoms with E-state index in [-0.39, 0.29) is 6.09 Å².